The van der Waals surface area contributed by atoms with Gasteiger partial charge in [-0.25, -0.2) is 9.97 Å². The number of aliphatic imine (C=N–C) groups is 1. The molecule has 146 valence electrons. The number of rotatable bonds is 7. The van der Waals surface area contributed by atoms with Crippen LogP contribution in [0.4, 0.5) is 0 Å². The number of hydrogen-bond acceptors (Lipinski definition) is 4. The molecule has 0 bridgehead atoms. The smallest absolute Gasteiger partial charge is 0.190 e. The monoisotopic (exact) mass is 498 g/mol. The average Bonchev–Trinajstić information content (AvgIpc) is 3.20. The summed E-state index contributed by atoms with van der Waals surface area (Å²) in [7, 11) is 1.80. The van der Waals surface area contributed by atoms with E-state index in [9.17, 15) is 0 Å². The van der Waals surface area contributed by atoms with Crippen molar-refractivity contribution in [3.05, 3.63) is 46.2 Å². The third-order valence-corrected chi connectivity index (χ3v) is 5.46. The lowest BCUT2D eigenvalue weighted by Crippen LogP contribution is -2.38. The summed E-state index contributed by atoms with van der Waals surface area (Å²) in [6.45, 7) is 6.81. The molecule has 0 amide bonds. The van der Waals surface area contributed by atoms with E-state index in [0.29, 0.717) is 0 Å². The highest BCUT2D eigenvalue weighted by atomic mass is 127. The Hall–Kier alpha value is -1.68. The number of halogens is 1. The summed E-state index contributed by atoms with van der Waals surface area (Å²) >= 11 is 1.77. The van der Waals surface area contributed by atoms with E-state index in [4.69, 9.17) is 0 Å². The van der Waals surface area contributed by atoms with Crippen LogP contribution in [0, 0.1) is 13.8 Å². The van der Waals surface area contributed by atoms with Crippen molar-refractivity contribution < 1.29 is 0 Å². The molecule has 0 unspecified atom stereocenters. The van der Waals surface area contributed by atoms with Crippen LogP contribution in [0.3, 0.4) is 0 Å². The first-order chi connectivity index (χ1) is 12.7. The Bertz CT molecular complexity index is 866. The van der Waals surface area contributed by atoms with E-state index in [2.05, 4.69) is 56.1 Å². The van der Waals surface area contributed by atoms with E-state index < -0.39 is 0 Å². The first kappa shape index (κ1) is 21.6. The predicted molar refractivity (Wildman–Crippen MR) is 124 cm³/mol. The zero-order chi connectivity index (χ0) is 18.4. The minimum absolute atomic E-state index is 0. The molecule has 0 saturated heterocycles. The highest BCUT2D eigenvalue weighted by molar-refractivity contribution is 14.0. The molecule has 27 heavy (non-hydrogen) atoms. The standard InChI is InChI=1S/C19H26N6S.HI/c1-14-15(2)26-18(24-14)9-11-22-19(20-3)21-10-6-12-25-13-23-16-7-4-5-8-17(16)25;/h4-5,7-8,13H,6,9-12H2,1-3H3,(H2,20,21,22);1H. The van der Waals surface area contributed by atoms with Crippen LogP contribution in [0.15, 0.2) is 35.6 Å². The first-order valence-electron chi connectivity index (χ1n) is 8.94. The van der Waals surface area contributed by atoms with Gasteiger partial charge in [0.25, 0.3) is 0 Å². The highest BCUT2D eigenvalue weighted by Gasteiger charge is 2.04. The Kier molecular flexibility index (Phi) is 8.49. The van der Waals surface area contributed by atoms with Crippen molar-refractivity contribution in [3.8, 4) is 0 Å². The molecule has 3 aromatic rings. The fourth-order valence-corrected chi connectivity index (χ4v) is 3.73. The largest absolute Gasteiger partial charge is 0.356 e. The van der Waals surface area contributed by atoms with E-state index in [-0.39, 0.29) is 24.0 Å². The van der Waals surface area contributed by atoms with Crippen LogP contribution in [0.25, 0.3) is 11.0 Å². The molecular formula is C19H27IN6S. The van der Waals surface area contributed by atoms with Crippen molar-refractivity contribution in [1.29, 1.82) is 0 Å². The molecule has 1 aromatic carbocycles. The summed E-state index contributed by atoms with van der Waals surface area (Å²) in [5, 5.41) is 7.90. The number of nitrogens with zero attached hydrogens (tertiary/aromatic N) is 4. The maximum Gasteiger partial charge on any atom is 0.190 e. The maximum absolute atomic E-state index is 4.57. The Morgan fingerprint density at radius 3 is 2.70 bits per heavy atom. The normalized spacial score (nSPS) is 11.4. The van der Waals surface area contributed by atoms with Crippen molar-refractivity contribution in [1.82, 2.24) is 25.2 Å². The molecule has 3 rings (SSSR count). The number of guanidine groups is 1. The fourth-order valence-electron chi connectivity index (χ4n) is 2.80. The number of fused-ring (bicyclic) bond motifs is 1. The van der Waals surface area contributed by atoms with Crippen molar-refractivity contribution in [2.75, 3.05) is 20.1 Å². The zero-order valence-electron chi connectivity index (χ0n) is 16.0. The second-order valence-electron chi connectivity index (χ2n) is 6.21. The maximum atomic E-state index is 4.57. The number of para-hydroxylation sites is 2. The van der Waals surface area contributed by atoms with Crippen molar-refractivity contribution in [2.24, 2.45) is 4.99 Å². The molecule has 0 aliphatic carbocycles. The van der Waals surface area contributed by atoms with Gasteiger partial charge in [-0.15, -0.1) is 35.3 Å². The van der Waals surface area contributed by atoms with Gasteiger partial charge in [0.1, 0.15) is 0 Å². The minimum Gasteiger partial charge on any atom is -0.356 e. The minimum atomic E-state index is 0. The van der Waals surface area contributed by atoms with Crippen LogP contribution in [-0.2, 0) is 13.0 Å². The second-order valence-corrected chi connectivity index (χ2v) is 7.49. The van der Waals surface area contributed by atoms with Crippen LogP contribution in [0.2, 0.25) is 0 Å². The first-order valence-corrected chi connectivity index (χ1v) is 9.76. The summed E-state index contributed by atoms with van der Waals surface area (Å²) in [4.78, 5) is 14.6. The zero-order valence-corrected chi connectivity index (χ0v) is 19.2. The Labute approximate surface area is 181 Å². The molecule has 0 radical (unpaired) electrons. The van der Waals surface area contributed by atoms with Crippen LogP contribution in [0.5, 0.6) is 0 Å². The molecule has 2 heterocycles. The topological polar surface area (TPSA) is 67.1 Å². The van der Waals surface area contributed by atoms with Crippen molar-refractivity contribution in [2.45, 2.75) is 33.2 Å². The van der Waals surface area contributed by atoms with Crippen LogP contribution >= 0.6 is 35.3 Å². The number of nitrogens with one attached hydrogen (secondary N) is 2. The second kappa shape index (κ2) is 10.6. The van der Waals surface area contributed by atoms with Gasteiger partial charge in [-0.3, -0.25) is 4.99 Å². The van der Waals surface area contributed by atoms with E-state index in [1.54, 1.807) is 18.4 Å². The lowest BCUT2D eigenvalue weighted by Gasteiger charge is -2.11. The van der Waals surface area contributed by atoms with Crippen molar-refractivity contribution in [3.63, 3.8) is 0 Å². The number of imidazole rings is 1. The average molecular weight is 498 g/mol. The van der Waals surface area contributed by atoms with E-state index in [0.717, 1.165) is 49.6 Å². The highest BCUT2D eigenvalue weighted by Crippen LogP contribution is 2.16. The van der Waals surface area contributed by atoms with E-state index in [1.807, 2.05) is 18.5 Å². The molecule has 0 aliphatic rings. The molecule has 8 heteroatoms. The Balaban J connectivity index is 0.00000261. The third-order valence-electron chi connectivity index (χ3n) is 4.32. The predicted octanol–water partition coefficient (Wildman–Crippen LogP) is 3.53. The summed E-state index contributed by atoms with van der Waals surface area (Å²) in [5.41, 5.74) is 3.37. The number of hydrogen-bond donors (Lipinski definition) is 2. The molecule has 6 nitrogen and oxygen atoms in total. The lowest BCUT2D eigenvalue weighted by molar-refractivity contribution is 0.637. The van der Waals surface area contributed by atoms with Gasteiger partial charge in [-0.1, -0.05) is 12.1 Å². The van der Waals surface area contributed by atoms with Gasteiger partial charge in [0, 0.05) is 38.0 Å². The van der Waals surface area contributed by atoms with Gasteiger partial charge in [0.05, 0.1) is 28.1 Å². The Morgan fingerprint density at radius 1 is 1.19 bits per heavy atom. The van der Waals surface area contributed by atoms with Crippen LogP contribution < -0.4 is 10.6 Å². The van der Waals surface area contributed by atoms with Crippen LogP contribution in [-0.4, -0.2) is 40.6 Å². The van der Waals surface area contributed by atoms with Gasteiger partial charge in [-0.05, 0) is 32.4 Å². The van der Waals surface area contributed by atoms with Gasteiger partial charge >= 0.3 is 0 Å². The fraction of sp³-hybridized carbons (Fsp3) is 0.421. The van der Waals surface area contributed by atoms with E-state index >= 15 is 0 Å². The molecule has 0 fully saturated rings. The van der Waals surface area contributed by atoms with Crippen LogP contribution in [0.1, 0.15) is 22.0 Å². The number of benzene rings is 1. The van der Waals surface area contributed by atoms with Gasteiger partial charge < -0.3 is 15.2 Å². The summed E-state index contributed by atoms with van der Waals surface area (Å²) in [5.74, 6) is 0.838. The molecule has 0 saturated carbocycles. The van der Waals surface area contributed by atoms with E-state index in [1.165, 1.54) is 15.4 Å². The van der Waals surface area contributed by atoms with Gasteiger partial charge in [0.15, 0.2) is 5.96 Å². The molecule has 0 atom stereocenters. The van der Waals surface area contributed by atoms with Gasteiger partial charge in [0.2, 0.25) is 0 Å². The molecule has 0 aliphatic heterocycles. The van der Waals surface area contributed by atoms with Gasteiger partial charge in [-0.2, -0.15) is 0 Å². The van der Waals surface area contributed by atoms with Crippen molar-refractivity contribution >= 4 is 52.3 Å². The third kappa shape index (κ3) is 5.90. The molecule has 2 N–H and O–H groups in total. The lowest BCUT2D eigenvalue weighted by atomic mass is 10.3. The summed E-state index contributed by atoms with van der Waals surface area (Å²) in [6, 6.07) is 8.22. The number of thiazole rings is 1. The molecule has 2 aromatic heterocycles. The summed E-state index contributed by atoms with van der Waals surface area (Å²) < 4.78 is 2.19. The molecule has 0 spiro atoms. The number of aromatic nitrogens is 3. The Morgan fingerprint density at radius 2 is 1.96 bits per heavy atom. The SMILES string of the molecule is CN=C(NCCCn1cnc2ccccc21)NCCc1nc(C)c(C)s1.I. The summed E-state index contributed by atoms with van der Waals surface area (Å²) in [6.07, 6.45) is 3.84. The quantitative estimate of drug-likeness (QED) is 0.227. The number of aryl methyl sites for hydroxylation is 3. The molecular weight excluding hydrogens is 471 g/mol.